The van der Waals surface area contributed by atoms with Gasteiger partial charge in [0.25, 0.3) is 0 Å². The summed E-state index contributed by atoms with van der Waals surface area (Å²) in [6.07, 6.45) is 0.949. The van der Waals surface area contributed by atoms with Gasteiger partial charge in [0.05, 0.1) is 23.9 Å². The predicted molar refractivity (Wildman–Crippen MR) is 104 cm³/mol. The van der Waals surface area contributed by atoms with Gasteiger partial charge < -0.3 is 14.3 Å². The highest BCUT2D eigenvalue weighted by Crippen LogP contribution is 2.21. The molecule has 1 aromatic heterocycles. The lowest BCUT2D eigenvalue weighted by atomic mass is 10.3. The van der Waals surface area contributed by atoms with Crippen LogP contribution in [0.4, 0.5) is 0 Å². The predicted octanol–water partition coefficient (Wildman–Crippen LogP) is 1.93. The van der Waals surface area contributed by atoms with Gasteiger partial charge in [-0.2, -0.15) is 4.31 Å². The number of hydrogen-bond donors (Lipinski definition) is 1. The topological polar surface area (TPSA) is 83.2 Å². The van der Waals surface area contributed by atoms with E-state index in [1.54, 1.807) is 36.6 Å². The molecular weight excluding hydrogens is 436 g/mol. The van der Waals surface area contributed by atoms with E-state index in [1.165, 1.54) is 4.31 Å². The van der Waals surface area contributed by atoms with Crippen molar-refractivity contribution in [2.45, 2.75) is 17.6 Å². The molecule has 1 aliphatic heterocycles. The van der Waals surface area contributed by atoms with E-state index in [9.17, 15) is 13.5 Å². The fraction of sp³-hybridized carbons (Fsp3) is 0.444. The van der Waals surface area contributed by atoms with Crippen molar-refractivity contribution in [1.29, 1.82) is 0 Å². The highest BCUT2D eigenvalue weighted by atomic mass is 79.9. The Kier molecular flexibility index (Phi) is 7.07. The van der Waals surface area contributed by atoms with Crippen LogP contribution in [0, 0.1) is 0 Å². The summed E-state index contributed by atoms with van der Waals surface area (Å²) in [5, 5.41) is 10.1. The van der Waals surface area contributed by atoms with Crippen LogP contribution in [0.3, 0.4) is 0 Å². The highest BCUT2D eigenvalue weighted by Gasteiger charge is 2.29. The Bertz CT molecular complexity index is 820. The average molecular weight is 459 g/mol. The number of ether oxygens (including phenoxy) is 1. The van der Waals surface area contributed by atoms with Crippen LogP contribution < -0.4 is 0 Å². The van der Waals surface area contributed by atoms with Crippen molar-refractivity contribution < 1.29 is 22.7 Å². The van der Waals surface area contributed by atoms with Crippen LogP contribution in [-0.2, 0) is 21.4 Å². The molecule has 0 radical (unpaired) electrons. The molecule has 9 heteroatoms. The van der Waals surface area contributed by atoms with E-state index in [1.807, 2.05) is 11.0 Å². The molecule has 2 heterocycles. The van der Waals surface area contributed by atoms with Crippen LogP contribution in [0.25, 0.3) is 0 Å². The van der Waals surface area contributed by atoms with Gasteiger partial charge in [-0.1, -0.05) is 22.0 Å². The first-order chi connectivity index (χ1) is 12.9. The molecule has 0 saturated carbocycles. The van der Waals surface area contributed by atoms with Gasteiger partial charge in [-0.15, -0.1) is 0 Å². The van der Waals surface area contributed by atoms with Gasteiger partial charge in [-0.05, 0) is 30.3 Å². The number of piperazine rings is 1. The Labute approximate surface area is 167 Å². The zero-order valence-corrected chi connectivity index (χ0v) is 17.2. The number of hydrogen-bond acceptors (Lipinski definition) is 6. The summed E-state index contributed by atoms with van der Waals surface area (Å²) in [5.41, 5.74) is 0. The third-order valence-electron chi connectivity index (χ3n) is 4.37. The van der Waals surface area contributed by atoms with Crippen molar-refractivity contribution in [2.24, 2.45) is 0 Å². The molecule has 0 amide bonds. The summed E-state index contributed by atoms with van der Waals surface area (Å²) in [6, 6.07) is 10.3. The van der Waals surface area contributed by atoms with E-state index < -0.39 is 16.1 Å². The molecule has 0 aliphatic carbocycles. The minimum atomic E-state index is -3.50. The van der Waals surface area contributed by atoms with Crippen LogP contribution in [0.1, 0.15) is 5.76 Å². The molecule has 1 N–H and O–H groups in total. The number of halogens is 1. The Morgan fingerprint density at radius 1 is 1.19 bits per heavy atom. The normalized spacial score (nSPS) is 17.9. The number of sulfonamides is 1. The molecule has 3 rings (SSSR count). The molecule has 1 atom stereocenters. The second kappa shape index (κ2) is 9.31. The van der Waals surface area contributed by atoms with E-state index in [0.29, 0.717) is 45.1 Å². The monoisotopic (exact) mass is 458 g/mol. The lowest BCUT2D eigenvalue weighted by molar-refractivity contribution is 0.00100. The second-order valence-corrected chi connectivity index (χ2v) is 9.26. The molecule has 0 bridgehead atoms. The van der Waals surface area contributed by atoms with Crippen molar-refractivity contribution in [3.05, 3.63) is 52.9 Å². The number of benzene rings is 1. The van der Waals surface area contributed by atoms with E-state index in [-0.39, 0.29) is 11.5 Å². The Balaban J connectivity index is 1.44. The van der Waals surface area contributed by atoms with Crippen LogP contribution in [0.2, 0.25) is 0 Å². The number of furan rings is 1. The summed E-state index contributed by atoms with van der Waals surface area (Å²) in [6.45, 7) is 2.91. The summed E-state index contributed by atoms with van der Waals surface area (Å²) in [7, 11) is -3.50. The van der Waals surface area contributed by atoms with Crippen LogP contribution in [0.15, 0.2) is 56.4 Å². The molecule has 1 aliphatic rings. The third kappa shape index (κ3) is 5.63. The minimum Gasteiger partial charge on any atom is -0.467 e. The molecule has 148 valence electrons. The van der Waals surface area contributed by atoms with Gasteiger partial charge in [0.15, 0.2) is 0 Å². The quantitative estimate of drug-likeness (QED) is 0.650. The van der Waals surface area contributed by atoms with E-state index in [0.717, 1.165) is 4.47 Å². The summed E-state index contributed by atoms with van der Waals surface area (Å²) >= 11 is 3.31. The first-order valence-electron chi connectivity index (χ1n) is 8.71. The molecule has 1 unspecified atom stereocenters. The molecule has 1 aromatic carbocycles. The number of aliphatic hydroxyl groups is 1. The number of rotatable bonds is 8. The SMILES string of the molecule is O=S(=O)(c1cccc(Br)c1)N1CCN(CC(O)COCc2ccco2)CC1. The van der Waals surface area contributed by atoms with Gasteiger partial charge in [0.2, 0.25) is 10.0 Å². The highest BCUT2D eigenvalue weighted by molar-refractivity contribution is 9.10. The molecule has 7 nitrogen and oxygen atoms in total. The Morgan fingerprint density at radius 3 is 2.63 bits per heavy atom. The van der Waals surface area contributed by atoms with Gasteiger partial charge >= 0.3 is 0 Å². The fourth-order valence-electron chi connectivity index (χ4n) is 2.97. The molecule has 1 saturated heterocycles. The fourth-order valence-corrected chi connectivity index (χ4v) is 4.99. The zero-order valence-electron chi connectivity index (χ0n) is 14.8. The molecule has 27 heavy (non-hydrogen) atoms. The van der Waals surface area contributed by atoms with Crippen LogP contribution >= 0.6 is 15.9 Å². The van der Waals surface area contributed by atoms with Gasteiger partial charge in [0, 0.05) is 37.2 Å². The number of nitrogens with zero attached hydrogens (tertiary/aromatic N) is 2. The number of aliphatic hydroxyl groups excluding tert-OH is 1. The maximum absolute atomic E-state index is 12.7. The molecule has 1 fully saturated rings. The van der Waals surface area contributed by atoms with Crippen molar-refractivity contribution >= 4 is 26.0 Å². The van der Waals surface area contributed by atoms with Gasteiger partial charge in [-0.25, -0.2) is 8.42 Å². The third-order valence-corrected chi connectivity index (χ3v) is 6.76. The van der Waals surface area contributed by atoms with Crippen molar-refractivity contribution in [3.63, 3.8) is 0 Å². The van der Waals surface area contributed by atoms with Crippen molar-refractivity contribution in [3.8, 4) is 0 Å². The van der Waals surface area contributed by atoms with Crippen LogP contribution in [-0.4, -0.2) is 68.2 Å². The first kappa shape index (κ1) is 20.5. The molecule has 2 aromatic rings. The van der Waals surface area contributed by atoms with Crippen molar-refractivity contribution in [2.75, 3.05) is 39.3 Å². The maximum atomic E-state index is 12.7. The van der Waals surface area contributed by atoms with E-state index in [4.69, 9.17) is 9.15 Å². The Morgan fingerprint density at radius 2 is 1.96 bits per heavy atom. The maximum Gasteiger partial charge on any atom is 0.243 e. The zero-order chi connectivity index (χ0) is 19.3. The van der Waals surface area contributed by atoms with E-state index >= 15 is 0 Å². The lowest BCUT2D eigenvalue weighted by Gasteiger charge is -2.34. The smallest absolute Gasteiger partial charge is 0.243 e. The Hall–Kier alpha value is -1.23. The minimum absolute atomic E-state index is 0.206. The van der Waals surface area contributed by atoms with Gasteiger partial charge in [-0.3, -0.25) is 4.90 Å². The summed E-state index contributed by atoms with van der Waals surface area (Å²) in [5.74, 6) is 0.716. The summed E-state index contributed by atoms with van der Waals surface area (Å²) < 4.78 is 38.3. The van der Waals surface area contributed by atoms with E-state index in [2.05, 4.69) is 15.9 Å². The molecule has 0 spiro atoms. The van der Waals surface area contributed by atoms with Crippen LogP contribution in [0.5, 0.6) is 0 Å². The first-order valence-corrected chi connectivity index (χ1v) is 10.9. The van der Waals surface area contributed by atoms with Gasteiger partial charge in [0.1, 0.15) is 12.4 Å². The second-order valence-electron chi connectivity index (χ2n) is 6.41. The molecular formula is C18H23BrN2O5S. The largest absolute Gasteiger partial charge is 0.467 e. The summed E-state index contributed by atoms with van der Waals surface area (Å²) in [4.78, 5) is 2.34. The standard InChI is InChI=1S/C18H23BrN2O5S/c19-15-3-1-5-18(11-15)27(23,24)21-8-6-20(7-9-21)12-16(22)13-25-14-17-4-2-10-26-17/h1-5,10-11,16,22H,6-9,12-14H2. The number of β-amino-alcohol motifs (C(OH)–C–C–N with tert-alkyl or cyclic N) is 1. The average Bonchev–Trinajstić information content (AvgIpc) is 3.15. The van der Waals surface area contributed by atoms with Crippen molar-refractivity contribution in [1.82, 2.24) is 9.21 Å². The lowest BCUT2D eigenvalue weighted by Crippen LogP contribution is -2.50.